The summed E-state index contributed by atoms with van der Waals surface area (Å²) in [6.45, 7) is 9.72. The van der Waals surface area contributed by atoms with Crippen molar-refractivity contribution in [3.63, 3.8) is 0 Å². The monoisotopic (exact) mass is 728 g/mol. The van der Waals surface area contributed by atoms with Gasteiger partial charge in [-0.1, -0.05) is 0 Å². The standard InChI is InChI=1S/C38H60N8O4.ClH/c39-17-1-3-19-41-21-5-7-23-43-25-9-11-27-45-35(47)29-13-15-31-34-32(16-14-30(33(29)34)36(45)48)38(50)46(37(31)49)28-12-10-26-44-24-8-6-22-42-20-4-2-18-40;/h13-16,41-44H,1-12,17-28,39-40H2;1H. The molecular formula is C38H61ClN8O4. The van der Waals surface area contributed by atoms with Gasteiger partial charge in [-0.05, 0) is 167 Å². The molecule has 284 valence electrons. The highest BCUT2D eigenvalue weighted by Gasteiger charge is 2.39. The van der Waals surface area contributed by atoms with Crippen LogP contribution in [0, 0.1) is 0 Å². The van der Waals surface area contributed by atoms with Crippen LogP contribution in [-0.2, 0) is 0 Å². The third-order valence-electron chi connectivity index (χ3n) is 9.56. The molecule has 8 N–H and O–H groups in total. The normalized spacial score (nSPS) is 13.8. The molecule has 2 heterocycles. The van der Waals surface area contributed by atoms with Gasteiger partial charge < -0.3 is 32.7 Å². The number of amides is 4. The van der Waals surface area contributed by atoms with E-state index in [2.05, 4.69) is 21.3 Å². The van der Waals surface area contributed by atoms with Gasteiger partial charge in [0.2, 0.25) is 0 Å². The summed E-state index contributed by atoms with van der Waals surface area (Å²) >= 11 is 0. The number of benzene rings is 2. The molecule has 13 heteroatoms. The maximum absolute atomic E-state index is 13.6. The highest BCUT2D eigenvalue weighted by Crippen LogP contribution is 2.38. The van der Waals surface area contributed by atoms with Gasteiger partial charge in [0, 0.05) is 46.1 Å². The maximum Gasteiger partial charge on any atom is 0.261 e. The summed E-state index contributed by atoms with van der Waals surface area (Å²) in [6.07, 6.45) is 11.8. The lowest BCUT2D eigenvalue weighted by Gasteiger charge is -2.32. The lowest BCUT2D eigenvalue weighted by atomic mass is 9.86. The average Bonchev–Trinajstić information content (AvgIpc) is 3.12. The Morgan fingerprint density at radius 1 is 0.392 bits per heavy atom. The Bertz CT molecular complexity index is 1250. The van der Waals surface area contributed by atoms with Gasteiger partial charge in [0.05, 0.1) is 0 Å². The first kappa shape index (κ1) is 42.4. The molecule has 0 aliphatic carbocycles. The van der Waals surface area contributed by atoms with Crippen molar-refractivity contribution in [2.45, 2.75) is 77.0 Å². The quantitative estimate of drug-likeness (QED) is 0.0563. The van der Waals surface area contributed by atoms with Crippen LogP contribution in [0.25, 0.3) is 10.8 Å². The SMILES string of the molecule is Cl.NCCCCNCCCCNCCCCN1C(=O)c2ccc3c4c(ccc(c24)C1=O)C(=O)N(CCCCNCCCCNCCCCN)C3=O. The number of unbranched alkanes of at least 4 members (excludes halogenated alkanes) is 6. The van der Waals surface area contributed by atoms with E-state index in [1.165, 1.54) is 9.80 Å². The molecule has 0 bridgehead atoms. The summed E-state index contributed by atoms with van der Waals surface area (Å²) in [5.74, 6) is -1.48. The van der Waals surface area contributed by atoms with Crippen LogP contribution in [0.3, 0.4) is 0 Å². The minimum Gasteiger partial charge on any atom is -0.330 e. The van der Waals surface area contributed by atoms with Gasteiger partial charge in [0.15, 0.2) is 0 Å². The van der Waals surface area contributed by atoms with Gasteiger partial charge in [-0.15, -0.1) is 12.4 Å². The van der Waals surface area contributed by atoms with Gasteiger partial charge in [0.1, 0.15) is 0 Å². The molecule has 0 fully saturated rings. The lowest BCUT2D eigenvalue weighted by Crippen LogP contribution is -2.43. The minimum absolute atomic E-state index is 0. The largest absolute Gasteiger partial charge is 0.330 e. The van der Waals surface area contributed by atoms with Crippen LogP contribution in [0.2, 0.25) is 0 Å². The summed E-state index contributed by atoms with van der Waals surface area (Å²) < 4.78 is 0. The highest BCUT2D eigenvalue weighted by atomic mass is 35.5. The number of carbonyl (C=O) groups is 4. The van der Waals surface area contributed by atoms with E-state index in [0.717, 1.165) is 130 Å². The van der Waals surface area contributed by atoms with E-state index in [1.54, 1.807) is 24.3 Å². The summed E-state index contributed by atoms with van der Waals surface area (Å²) in [5.41, 5.74) is 12.5. The molecule has 12 nitrogen and oxygen atoms in total. The van der Waals surface area contributed by atoms with E-state index in [0.29, 0.717) is 59.0 Å². The Hall–Kier alpha value is -2.97. The first-order chi connectivity index (χ1) is 24.5. The highest BCUT2D eigenvalue weighted by molar-refractivity contribution is 6.33. The fourth-order valence-corrected chi connectivity index (χ4v) is 6.71. The molecule has 2 aliphatic heterocycles. The Labute approximate surface area is 310 Å². The second kappa shape index (κ2) is 23.6. The van der Waals surface area contributed by atoms with E-state index in [1.807, 2.05) is 0 Å². The molecule has 0 atom stereocenters. The number of nitrogens with one attached hydrogen (secondary N) is 4. The van der Waals surface area contributed by atoms with E-state index in [9.17, 15) is 19.2 Å². The van der Waals surface area contributed by atoms with Gasteiger partial charge >= 0.3 is 0 Å². The van der Waals surface area contributed by atoms with Crippen LogP contribution in [-0.4, -0.2) is 112 Å². The molecule has 2 aliphatic rings. The molecule has 0 aromatic heterocycles. The number of nitrogens with two attached hydrogens (primary N) is 2. The Kier molecular flexibility index (Phi) is 19.6. The number of nitrogens with zero attached hydrogens (tertiary/aromatic N) is 2. The van der Waals surface area contributed by atoms with Crippen LogP contribution >= 0.6 is 12.4 Å². The van der Waals surface area contributed by atoms with Crippen molar-refractivity contribution in [1.29, 1.82) is 0 Å². The molecule has 0 spiro atoms. The van der Waals surface area contributed by atoms with Crippen molar-refractivity contribution >= 4 is 46.8 Å². The van der Waals surface area contributed by atoms with E-state index in [-0.39, 0.29) is 36.0 Å². The minimum atomic E-state index is -0.369. The topological polar surface area (TPSA) is 175 Å². The van der Waals surface area contributed by atoms with Crippen molar-refractivity contribution in [3.05, 3.63) is 46.5 Å². The molecule has 2 aromatic rings. The predicted octanol–water partition coefficient (Wildman–Crippen LogP) is 3.41. The van der Waals surface area contributed by atoms with Crippen molar-refractivity contribution in [3.8, 4) is 0 Å². The zero-order valence-electron chi connectivity index (χ0n) is 30.4. The smallest absolute Gasteiger partial charge is 0.261 e. The van der Waals surface area contributed by atoms with Gasteiger partial charge in [-0.3, -0.25) is 29.0 Å². The zero-order chi connectivity index (χ0) is 35.6. The van der Waals surface area contributed by atoms with Crippen molar-refractivity contribution in [2.24, 2.45) is 11.5 Å². The first-order valence-electron chi connectivity index (χ1n) is 19.1. The lowest BCUT2D eigenvalue weighted by molar-refractivity contribution is 0.0586. The maximum atomic E-state index is 13.6. The fourth-order valence-electron chi connectivity index (χ4n) is 6.71. The average molecular weight is 729 g/mol. The summed E-state index contributed by atoms with van der Waals surface area (Å²) in [7, 11) is 0. The van der Waals surface area contributed by atoms with Crippen LogP contribution < -0.4 is 32.7 Å². The van der Waals surface area contributed by atoms with E-state index >= 15 is 0 Å². The molecule has 0 radical (unpaired) electrons. The molecule has 51 heavy (non-hydrogen) atoms. The Morgan fingerprint density at radius 2 is 0.627 bits per heavy atom. The number of carbonyl (C=O) groups excluding carboxylic acids is 4. The van der Waals surface area contributed by atoms with Gasteiger partial charge in [-0.2, -0.15) is 0 Å². The summed E-state index contributed by atoms with van der Waals surface area (Å²) in [5, 5.41) is 14.6. The van der Waals surface area contributed by atoms with Crippen LogP contribution in [0.5, 0.6) is 0 Å². The third-order valence-corrected chi connectivity index (χ3v) is 9.56. The second-order valence-corrected chi connectivity index (χ2v) is 13.4. The van der Waals surface area contributed by atoms with E-state index < -0.39 is 0 Å². The molecule has 4 rings (SSSR count). The van der Waals surface area contributed by atoms with Crippen LogP contribution in [0.15, 0.2) is 24.3 Å². The number of hydrogen-bond acceptors (Lipinski definition) is 10. The Balaban J connectivity index is 0.00000702. The molecule has 0 saturated heterocycles. The number of hydrogen-bond donors (Lipinski definition) is 6. The first-order valence-corrected chi connectivity index (χ1v) is 19.1. The van der Waals surface area contributed by atoms with Gasteiger partial charge in [0.25, 0.3) is 23.6 Å². The number of imide groups is 2. The molecular weight excluding hydrogens is 668 g/mol. The number of rotatable bonds is 28. The Morgan fingerprint density at radius 3 is 0.882 bits per heavy atom. The van der Waals surface area contributed by atoms with Gasteiger partial charge in [-0.25, -0.2) is 0 Å². The molecule has 2 aromatic carbocycles. The third kappa shape index (κ3) is 12.0. The van der Waals surface area contributed by atoms with Crippen LogP contribution in [0.4, 0.5) is 0 Å². The second-order valence-electron chi connectivity index (χ2n) is 13.4. The number of halogens is 1. The molecule has 4 amide bonds. The van der Waals surface area contributed by atoms with Crippen LogP contribution in [0.1, 0.15) is 118 Å². The summed E-state index contributed by atoms with van der Waals surface area (Å²) in [4.78, 5) is 56.8. The predicted molar refractivity (Wildman–Crippen MR) is 207 cm³/mol. The molecule has 0 saturated carbocycles. The van der Waals surface area contributed by atoms with Crippen molar-refractivity contribution in [1.82, 2.24) is 31.1 Å². The molecule has 0 unspecified atom stereocenters. The van der Waals surface area contributed by atoms with E-state index in [4.69, 9.17) is 11.5 Å². The van der Waals surface area contributed by atoms with Crippen molar-refractivity contribution in [2.75, 3.05) is 78.5 Å². The fraction of sp³-hybridized carbons (Fsp3) is 0.632. The van der Waals surface area contributed by atoms with Crippen molar-refractivity contribution < 1.29 is 19.2 Å². The zero-order valence-corrected chi connectivity index (χ0v) is 31.2. The summed E-state index contributed by atoms with van der Waals surface area (Å²) in [6, 6.07) is 6.58.